The van der Waals surface area contributed by atoms with E-state index in [0.29, 0.717) is 27.9 Å². The lowest BCUT2D eigenvalue weighted by Crippen LogP contribution is -2.33. The van der Waals surface area contributed by atoms with Gasteiger partial charge in [0.25, 0.3) is 0 Å². The van der Waals surface area contributed by atoms with Gasteiger partial charge in [0.05, 0.1) is 17.9 Å². The minimum atomic E-state index is -3.92. The molecule has 0 spiro atoms. The SMILES string of the molecule is N=C(NC(=O)OCC(Cl)(Cl)Cl)c1cccc(CN(C(=O)Cc2ccc(-c3ccccc3S(N)(=O)=O)cc2)c2ccccc2)c1. The molecule has 0 heterocycles. The van der Waals surface area contributed by atoms with Crippen LogP contribution in [0.5, 0.6) is 0 Å². The van der Waals surface area contributed by atoms with Gasteiger partial charge in [-0.1, -0.05) is 114 Å². The molecule has 0 aliphatic rings. The lowest BCUT2D eigenvalue weighted by atomic mass is 10.0. The Bertz CT molecular complexity index is 1760. The third kappa shape index (κ3) is 9.28. The number of alkyl carbamates (subject to hydrolysis) is 1. The van der Waals surface area contributed by atoms with Gasteiger partial charge >= 0.3 is 6.09 Å². The number of nitrogens with one attached hydrogen (secondary N) is 2. The van der Waals surface area contributed by atoms with Gasteiger partial charge in [-0.05, 0) is 41.0 Å². The number of sulfonamides is 1. The first-order valence-electron chi connectivity index (χ1n) is 13.0. The van der Waals surface area contributed by atoms with Gasteiger partial charge in [0, 0.05) is 16.8 Å². The highest BCUT2D eigenvalue weighted by molar-refractivity contribution is 7.89. The maximum atomic E-state index is 13.7. The maximum Gasteiger partial charge on any atom is 0.412 e. The van der Waals surface area contributed by atoms with E-state index in [1.54, 1.807) is 71.6 Å². The first-order valence-corrected chi connectivity index (χ1v) is 15.7. The largest absolute Gasteiger partial charge is 0.445 e. The van der Waals surface area contributed by atoms with E-state index in [1.165, 1.54) is 6.07 Å². The summed E-state index contributed by atoms with van der Waals surface area (Å²) in [6, 6.07) is 29.4. The molecule has 0 fully saturated rings. The van der Waals surface area contributed by atoms with E-state index in [2.05, 4.69) is 5.32 Å². The number of halogens is 3. The van der Waals surface area contributed by atoms with E-state index in [-0.39, 0.29) is 29.6 Å². The van der Waals surface area contributed by atoms with Gasteiger partial charge < -0.3 is 9.64 Å². The number of benzene rings is 4. The second-order valence-electron chi connectivity index (χ2n) is 9.62. The first kappa shape index (κ1) is 33.0. The van der Waals surface area contributed by atoms with E-state index < -0.39 is 26.5 Å². The standard InChI is InChI=1S/C31H27Cl3N4O5S/c32-31(33,34)20-43-30(40)37-29(35)24-8-6-7-22(17-24)19-38(25-9-2-1-3-10-25)28(39)18-21-13-15-23(16-14-21)26-11-4-5-12-27(26)44(36,41)42/h1-17H,18-20H2,(H2,35,37,40)(H2,36,41,42). The number of anilines is 1. The molecule has 2 amide bonds. The summed E-state index contributed by atoms with van der Waals surface area (Å²) in [5.41, 5.74) is 3.60. The van der Waals surface area contributed by atoms with Crippen molar-refractivity contribution in [1.82, 2.24) is 5.32 Å². The van der Waals surface area contributed by atoms with Crippen molar-refractivity contribution in [2.24, 2.45) is 5.14 Å². The third-order valence-corrected chi connectivity index (χ3v) is 7.63. The maximum absolute atomic E-state index is 13.7. The van der Waals surface area contributed by atoms with Crippen LogP contribution >= 0.6 is 34.8 Å². The second-order valence-corrected chi connectivity index (χ2v) is 13.7. The van der Waals surface area contributed by atoms with Crippen LogP contribution in [0.1, 0.15) is 16.7 Å². The molecular formula is C31H27Cl3N4O5S. The number of amides is 2. The molecule has 0 unspecified atom stereocenters. The molecule has 4 N–H and O–H groups in total. The lowest BCUT2D eigenvalue weighted by Gasteiger charge is -2.24. The number of nitrogens with zero attached hydrogens (tertiary/aromatic N) is 1. The highest BCUT2D eigenvalue weighted by atomic mass is 35.6. The number of carbonyl (C=O) groups is 2. The molecule has 0 bridgehead atoms. The number of nitrogens with two attached hydrogens (primary N) is 1. The molecule has 228 valence electrons. The van der Waals surface area contributed by atoms with Crippen molar-refractivity contribution in [1.29, 1.82) is 5.41 Å². The number of ether oxygens (including phenoxy) is 1. The molecule has 4 aromatic rings. The third-order valence-electron chi connectivity index (χ3n) is 6.33. The van der Waals surface area contributed by atoms with Gasteiger partial charge in [0.15, 0.2) is 0 Å². The van der Waals surface area contributed by atoms with Crippen LogP contribution in [0, 0.1) is 5.41 Å². The molecule has 0 radical (unpaired) electrons. The van der Waals surface area contributed by atoms with Crippen molar-refractivity contribution in [2.45, 2.75) is 21.7 Å². The molecule has 0 atom stereocenters. The summed E-state index contributed by atoms with van der Waals surface area (Å²) in [4.78, 5) is 27.3. The molecule has 13 heteroatoms. The van der Waals surface area contributed by atoms with Gasteiger partial charge in [0.1, 0.15) is 12.4 Å². The molecule has 0 aliphatic heterocycles. The van der Waals surface area contributed by atoms with E-state index in [4.69, 9.17) is 50.1 Å². The topological polar surface area (TPSA) is 143 Å². The zero-order chi connectivity index (χ0) is 31.9. The normalized spacial score (nSPS) is 11.5. The Morgan fingerprint density at radius 2 is 1.52 bits per heavy atom. The Morgan fingerprint density at radius 3 is 2.18 bits per heavy atom. The minimum absolute atomic E-state index is 0.0179. The number of amidine groups is 1. The van der Waals surface area contributed by atoms with Crippen molar-refractivity contribution in [3.8, 4) is 11.1 Å². The number of hydrogen-bond donors (Lipinski definition) is 3. The summed E-state index contributed by atoms with van der Waals surface area (Å²) >= 11 is 16.8. The van der Waals surface area contributed by atoms with Crippen LogP contribution in [0.15, 0.2) is 108 Å². The Morgan fingerprint density at radius 1 is 0.864 bits per heavy atom. The summed E-state index contributed by atoms with van der Waals surface area (Å²) in [6.45, 7) is -0.307. The Balaban J connectivity index is 1.51. The number of para-hydroxylation sites is 1. The van der Waals surface area contributed by atoms with Crippen LogP contribution in [-0.2, 0) is 32.5 Å². The summed E-state index contributed by atoms with van der Waals surface area (Å²) in [7, 11) is -3.92. The number of primary sulfonamides is 1. The van der Waals surface area contributed by atoms with Crippen molar-refractivity contribution in [3.05, 3.63) is 120 Å². The summed E-state index contributed by atoms with van der Waals surface area (Å²) in [5, 5.41) is 15.9. The highest BCUT2D eigenvalue weighted by Gasteiger charge is 2.23. The number of hydrogen-bond acceptors (Lipinski definition) is 6. The van der Waals surface area contributed by atoms with Crippen molar-refractivity contribution in [3.63, 3.8) is 0 Å². The second kappa shape index (κ2) is 14.2. The van der Waals surface area contributed by atoms with Crippen LogP contribution < -0.4 is 15.4 Å². The molecular weight excluding hydrogens is 647 g/mol. The van der Waals surface area contributed by atoms with E-state index in [1.807, 2.05) is 30.3 Å². The van der Waals surface area contributed by atoms with Crippen LogP contribution in [0.2, 0.25) is 0 Å². The van der Waals surface area contributed by atoms with Crippen LogP contribution in [0.25, 0.3) is 11.1 Å². The van der Waals surface area contributed by atoms with Gasteiger partial charge in [-0.2, -0.15) is 0 Å². The zero-order valence-corrected chi connectivity index (χ0v) is 26.1. The van der Waals surface area contributed by atoms with Crippen molar-refractivity contribution >= 4 is 68.3 Å². The Hall–Kier alpha value is -3.93. The van der Waals surface area contributed by atoms with Crippen molar-refractivity contribution < 1.29 is 22.7 Å². The monoisotopic (exact) mass is 672 g/mol. The number of rotatable bonds is 9. The average Bonchev–Trinajstić information content (AvgIpc) is 2.99. The fourth-order valence-corrected chi connectivity index (χ4v) is 5.25. The van der Waals surface area contributed by atoms with Crippen LogP contribution in [0.3, 0.4) is 0 Å². The highest BCUT2D eigenvalue weighted by Crippen LogP contribution is 2.28. The number of carbonyl (C=O) groups excluding carboxylic acids is 2. The molecule has 0 aromatic heterocycles. The van der Waals surface area contributed by atoms with E-state index in [0.717, 1.165) is 5.56 Å². The van der Waals surface area contributed by atoms with Crippen molar-refractivity contribution in [2.75, 3.05) is 11.5 Å². The smallest absolute Gasteiger partial charge is 0.412 e. The molecule has 0 saturated heterocycles. The minimum Gasteiger partial charge on any atom is -0.445 e. The Labute approximate surface area is 270 Å². The van der Waals surface area contributed by atoms with Gasteiger partial charge in [-0.25, -0.2) is 18.4 Å². The molecule has 0 saturated carbocycles. The summed E-state index contributed by atoms with van der Waals surface area (Å²) < 4.78 is 27.1. The Kier molecular flexibility index (Phi) is 10.7. The molecule has 4 rings (SSSR count). The van der Waals surface area contributed by atoms with E-state index in [9.17, 15) is 18.0 Å². The quantitative estimate of drug-likeness (QED) is 0.110. The predicted octanol–water partition coefficient (Wildman–Crippen LogP) is 6.20. The average molecular weight is 674 g/mol. The molecule has 0 aliphatic carbocycles. The van der Waals surface area contributed by atoms with Gasteiger partial charge in [-0.15, -0.1) is 0 Å². The van der Waals surface area contributed by atoms with Gasteiger partial charge in [0.2, 0.25) is 19.7 Å². The van der Waals surface area contributed by atoms with E-state index >= 15 is 0 Å². The predicted molar refractivity (Wildman–Crippen MR) is 173 cm³/mol. The molecule has 44 heavy (non-hydrogen) atoms. The number of alkyl halides is 3. The molecule has 4 aromatic carbocycles. The van der Waals surface area contributed by atoms with Crippen LogP contribution in [-0.4, -0.2) is 36.7 Å². The van der Waals surface area contributed by atoms with Crippen LogP contribution in [0.4, 0.5) is 10.5 Å². The fraction of sp³-hybridized carbons (Fsp3) is 0.129. The lowest BCUT2D eigenvalue weighted by molar-refractivity contribution is -0.118. The molecule has 9 nitrogen and oxygen atoms in total. The summed E-state index contributed by atoms with van der Waals surface area (Å²) in [5.74, 6) is -0.425. The van der Waals surface area contributed by atoms with Gasteiger partial charge in [-0.3, -0.25) is 15.5 Å². The fourth-order valence-electron chi connectivity index (χ4n) is 4.32. The first-order chi connectivity index (χ1) is 20.8. The zero-order valence-electron chi connectivity index (χ0n) is 23.0. The summed E-state index contributed by atoms with van der Waals surface area (Å²) in [6.07, 6.45) is -0.884.